The summed E-state index contributed by atoms with van der Waals surface area (Å²) < 4.78 is 0. The Morgan fingerprint density at radius 3 is 2.88 bits per heavy atom. The van der Waals surface area contributed by atoms with Crippen molar-refractivity contribution in [3.05, 3.63) is 0 Å². The molecular weight excluding hydrogens is 206 g/mol. The van der Waals surface area contributed by atoms with Crippen LogP contribution in [0, 0.1) is 16.7 Å². The second-order valence-corrected chi connectivity index (χ2v) is 4.26. The molecule has 1 aliphatic heterocycles. The zero-order valence-electron chi connectivity index (χ0n) is 9.91. The van der Waals surface area contributed by atoms with Gasteiger partial charge >= 0.3 is 0 Å². The van der Waals surface area contributed by atoms with Crippen LogP contribution in [0.15, 0.2) is 0 Å². The number of rotatable bonds is 2. The summed E-state index contributed by atoms with van der Waals surface area (Å²) in [6, 6.07) is 1.55. The van der Waals surface area contributed by atoms with Gasteiger partial charge in [-0.2, -0.15) is 5.26 Å². The van der Waals surface area contributed by atoms with E-state index in [1.807, 2.05) is 6.07 Å². The van der Waals surface area contributed by atoms with Crippen molar-refractivity contribution >= 4 is 11.8 Å². The summed E-state index contributed by atoms with van der Waals surface area (Å²) in [5.74, 6) is -0.407. The Bertz CT molecular complexity index is 348. The molecule has 2 unspecified atom stereocenters. The summed E-state index contributed by atoms with van der Waals surface area (Å²) in [6.45, 7) is 6.04. The minimum absolute atomic E-state index is 0.156. The summed E-state index contributed by atoms with van der Waals surface area (Å²) in [7, 11) is 0. The van der Waals surface area contributed by atoms with E-state index in [9.17, 15) is 9.59 Å². The molecule has 1 fully saturated rings. The number of nitrogens with one attached hydrogen (secondary N) is 1. The third kappa shape index (κ3) is 2.01. The third-order valence-corrected chi connectivity index (χ3v) is 3.19. The topological polar surface area (TPSA) is 73.2 Å². The van der Waals surface area contributed by atoms with Gasteiger partial charge in [-0.3, -0.25) is 9.59 Å². The lowest BCUT2D eigenvalue weighted by Crippen LogP contribution is -2.58. The second-order valence-electron chi connectivity index (χ2n) is 4.26. The van der Waals surface area contributed by atoms with E-state index >= 15 is 0 Å². The van der Waals surface area contributed by atoms with Crippen LogP contribution in [-0.2, 0) is 9.59 Å². The zero-order valence-corrected chi connectivity index (χ0v) is 9.91. The molecule has 2 atom stereocenters. The van der Waals surface area contributed by atoms with Crippen LogP contribution in [0.5, 0.6) is 0 Å². The predicted molar refractivity (Wildman–Crippen MR) is 58.2 cm³/mol. The van der Waals surface area contributed by atoms with Gasteiger partial charge in [0.1, 0.15) is 11.5 Å². The summed E-state index contributed by atoms with van der Waals surface area (Å²) >= 11 is 0. The lowest BCUT2D eigenvalue weighted by atomic mass is 9.87. The van der Waals surface area contributed by atoms with Gasteiger partial charge in [0.15, 0.2) is 0 Å². The van der Waals surface area contributed by atoms with Crippen LogP contribution in [0.4, 0.5) is 0 Å². The SMILES string of the molecule is CCC(C)(C#N)C(=O)N1CCNC(=O)C1C. The number of nitriles is 1. The Morgan fingerprint density at radius 1 is 1.75 bits per heavy atom. The van der Waals surface area contributed by atoms with Crippen molar-refractivity contribution in [3.63, 3.8) is 0 Å². The summed E-state index contributed by atoms with van der Waals surface area (Å²) in [5.41, 5.74) is -1.02. The van der Waals surface area contributed by atoms with Crippen LogP contribution in [0.3, 0.4) is 0 Å². The molecular formula is C11H17N3O2. The molecule has 0 bridgehead atoms. The largest absolute Gasteiger partial charge is 0.353 e. The molecule has 1 aliphatic rings. The van der Waals surface area contributed by atoms with Crippen LogP contribution in [-0.4, -0.2) is 35.8 Å². The van der Waals surface area contributed by atoms with Crippen LogP contribution in [0.1, 0.15) is 27.2 Å². The first-order valence-corrected chi connectivity index (χ1v) is 5.46. The maximum absolute atomic E-state index is 12.2. The van der Waals surface area contributed by atoms with Crippen molar-refractivity contribution in [2.75, 3.05) is 13.1 Å². The van der Waals surface area contributed by atoms with Crippen molar-refractivity contribution in [1.29, 1.82) is 5.26 Å². The zero-order chi connectivity index (χ0) is 12.3. The van der Waals surface area contributed by atoms with Crippen LogP contribution in [0.25, 0.3) is 0 Å². The molecule has 1 N–H and O–H groups in total. The fraction of sp³-hybridized carbons (Fsp3) is 0.727. The van der Waals surface area contributed by atoms with Gasteiger partial charge in [-0.15, -0.1) is 0 Å². The Labute approximate surface area is 95.4 Å². The minimum Gasteiger partial charge on any atom is -0.353 e. The molecule has 2 amide bonds. The number of hydrogen-bond donors (Lipinski definition) is 1. The molecule has 5 nitrogen and oxygen atoms in total. The molecule has 0 radical (unpaired) electrons. The van der Waals surface area contributed by atoms with Crippen LogP contribution < -0.4 is 5.32 Å². The lowest BCUT2D eigenvalue weighted by molar-refractivity contribution is -0.147. The average molecular weight is 223 g/mol. The first-order valence-electron chi connectivity index (χ1n) is 5.46. The predicted octanol–water partition coefficient (Wildman–Crippen LogP) is 0.273. The van der Waals surface area contributed by atoms with Gasteiger partial charge in [0.25, 0.3) is 0 Å². The quantitative estimate of drug-likeness (QED) is 0.730. The van der Waals surface area contributed by atoms with Gasteiger partial charge in [0, 0.05) is 13.1 Å². The molecule has 5 heteroatoms. The molecule has 16 heavy (non-hydrogen) atoms. The monoisotopic (exact) mass is 223 g/mol. The summed E-state index contributed by atoms with van der Waals surface area (Å²) in [5, 5.41) is 11.7. The molecule has 0 aliphatic carbocycles. The number of carbonyl (C=O) groups excluding carboxylic acids is 2. The average Bonchev–Trinajstić information content (AvgIpc) is 2.31. The van der Waals surface area contributed by atoms with Gasteiger partial charge in [0.2, 0.25) is 11.8 Å². The lowest BCUT2D eigenvalue weighted by Gasteiger charge is -2.36. The van der Waals surface area contributed by atoms with Crippen molar-refractivity contribution in [2.24, 2.45) is 5.41 Å². The highest BCUT2D eigenvalue weighted by Crippen LogP contribution is 2.24. The minimum atomic E-state index is -1.02. The van der Waals surface area contributed by atoms with Gasteiger partial charge in [-0.25, -0.2) is 0 Å². The molecule has 0 saturated carbocycles. The molecule has 0 spiro atoms. The Balaban J connectivity index is 2.89. The van der Waals surface area contributed by atoms with E-state index in [2.05, 4.69) is 5.32 Å². The van der Waals surface area contributed by atoms with Gasteiger partial charge in [-0.05, 0) is 20.3 Å². The van der Waals surface area contributed by atoms with Crippen molar-refractivity contribution in [3.8, 4) is 6.07 Å². The van der Waals surface area contributed by atoms with E-state index in [1.165, 1.54) is 4.90 Å². The normalized spacial score (nSPS) is 24.2. The van der Waals surface area contributed by atoms with Gasteiger partial charge in [-0.1, -0.05) is 6.92 Å². The molecule has 1 heterocycles. The number of hydrogen-bond acceptors (Lipinski definition) is 3. The van der Waals surface area contributed by atoms with E-state index in [4.69, 9.17) is 5.26 Å². The summed E-state index contributed by atoms with van der Waals surface area (Å²) in [6.07, 6.45) is 0.452. The van der Waals surface area contributed by atoms with E-state index in [0.717, 1.165) is 0 Å². The second kappa shape index (κ2) is 4.52. The molecule has 0 aromatic heterocycles. The highest BCUT2D eigenvalue weighted by Gasteiger charge is 2.39. The standard InChI is InChI=1S/C11H17N3O2/c1-4-11(3,7-12)10(16)14-6-5-13-9(15)8(14)2/h8H,4-6H2,1-3H3,(H,13,15). The summed E-state index contributed by atoms with van der Waals surface area (Å²) in [4.78, 5) is 25.1. The smallest absolute Gasteiger partial charge is 0.243 e. The van der Waals surface area contributed by atoms with Crippen molar-refractivity contribution < 1.29 is 9.59 Å². The fourth-order valence-corrected chi connectivity index (χ4v) is 1.65. The molecule has 1 saturated heterocycles. The number of piperazine rings is 1. The Morgan fingerprint density at radius 2 is 2.38 bits per heavy atom. The van der Waals surface area contributed by atoms with Gasteiger partial charge in [0.05, 0.1) is 6.07 Å². The molecule has 0 aromatic rings. The fourth-order valence-electron chi connectivity index (χ4n) is 1.65. The molecule has 0 aromatic carbocycles. The molecule has 88 valence electrons. The van der Waals surface area contributed by atoms with Gasteiger partial charge < -0.3 is 10.2 Å². The number of carbonyl (C=O) groups is 2. The van der Waals surface area contributed by atoms with Crippen LogP contribution in [0.2, 0.25) is 0 Å². The third-order valence-electron chi connectivity index (χ3n) is 3.19. The van der Waals surface area contributed by atoms with Crippen molar-refractivity contribution in [2.45, 2.75) is 33.2 Å². The van der Waals surface area contributed by atoms with E-state index in [1.54, 1.807) is 20.8 Å². The van der Waals surface area contributed by atoms with Crippen molar-refractivity contribution in [1.82, 2.24) is 10.2 Å². The maximum atomic E-state index is 12.2. The highest BCUT2D eigenvalue weighted by atomic mass is 16.2. The Kier molecular flexibility index (Phi) is 3.53. The first kappa shape index (κ1) is 12.5. The maximum Gasteiger partial charge on any atom is 0.243 e. The molecule has 1 rings (SSSR count). The van der Waals surface area contributed by atoms with E-state index < -0.39 is 11.5 Å². The number of amides is 2. The highest BCUT2D eigenvalue weighted by molar-refractivity contribution is 5.92. The van der Waals surface area contributed by atoms with Crippen LogP contribution >= 0.6 is 0 Å². The first-order chi connectivity index (χ1) is 7.46. The number of nitrogens with zero attached hydrogens (tertiary/aromatic N) is 2. The van der Waals surface area contributed by atoms with E-state index in [-0.39, 0.29) is 11.8 Å². The van der Waals surface area contributed by atoms with E-state index in [0.29, 0.717) is 19.5 Å². The Hall–Kier alpha value is -1.57.